The molecule has 1 aliphatic heterocycles. The minimum absolute atomic E-state index is 0.147. The van der Waals surface area contributed by atoms with Gasteiger partial charge in [0, 0.05) is 5.56 Å². The molecule has 0 radical (unpaired) electrons. The number of thiocarbonyl (C=S) groups is 1. The molecule has 1 aromatic carbocycles. The molecular weight excluding hydrogens is 346 g/mol. The summed E-state index contributed by atoms with van der Waals surface area (Å²) in [6.07, 6.45) is 3.34. The van der Waals surface area contributed by atoms with Gasteiger partial charge in [0.15, 0.2) is 0 Å². The lowest BCUT2D eigenvalue weighted by Gasteiger charge is -2.12. The summed E-state index contributed by atoms with van der Waals surface area (Å²) in [6.45, 7) is 0.324. The predicted molar refractivity (Wildman–Crippen MR) is 97.0 cm³/mol. The Balaban J connectivity index is 1.88. The van der Waals surface area contributed by atoms with Crippen LogP contribution in [0.25, 0.3) is 6.08 Å². The Morgan fingerprint density at radius 1 is 1.29 bits per heavy atom. The highest BCUT2D eigenvalue weighted by molar-refractivity contribution is 8.26. The Morgan fingerprint density at radius 3 is 2.79 bits per heavy atom. The quantitative estimate of drug-likeness (QED) is 0.598. The first kappa shape index (κ1) is 16.6. The molecular formula is C17H15NO4S2. The van der Waals surface area contributed by atoms with Crippen molar-refractivity contribution in [3.63, 3.8) is 0 Å². The molecule has 1 aromatic heterocycles. The zero-order valence-corrected chi connectivity index (χ0v) is 14.8. The maximum Gasteiger partial charge on any atom is 0.266 e. The van der Waals surface area contributed by atoms with Gasteiger partial charge in [-0.1, -0.05) is 24.0 Å². The molecule has 2 heterocycles. The molecule has 0 unspecified atom stereocenters. The standard InChI is InChI=1S/C17H15NO4S2/c1-20-12-5-6-14(21-2)11(8-12)9-15-16(19)18(17(23)24-15)10-13-4-3-7-22-13/h3-9H,10H2,1-2H3. The number of benzene rings is 1. The van der Waals surface area contributed by atoms with Crippen LogP contribution in [0.4, 0.5) is 0 Å². The van der Waals surface area contributed by atoms with Gasteiger partial charge in [-0.25, -0.2) is 0 Å². The predicted octanol–water partition coefficient (Wildman–Crippen LogP) is 3.70. The third kappa shape index (κ3) is 3.32. The molecule has 0 bridgehead atoms. The van der Waals surface area contributed by atoms with E-state index < -0.39 is 0 Å². The molecule has 5 nitrogen and oxygen atoms in total. The van der Waals surface area contributed by atoms with E-state index in [2.05, 4.69) is 0 Å². The second-order valence-corrected chi connectivity index (χ2v) is 6.63. The SMILES string of the molecule is COc1ccc(OC)c(C=C2SC(=S)N(Cc3ccco3)C2=O)c1. The highest BCUT2D eigenvalue weighted by Crippen LogP contribution is 2.36. The zero-order valence-electron chi connectivity index (χ0n) is 13.1. The molecule has 7 heteroatoms. The van der Waals surface area contributed by atoms with Gasteiger partial charge in [-0.05, 0) is 36.4 Å². The average Bonchev–Trinajstić information content (AvgIpc) is 3.19. The molecule has 1 amide bonds. The average molecular weight is 361 g/mol. The summed E-state index contributed by atoms with van der Waals surface area (Å²) in [4.78, 5) is 14.7. The first-order valence-corrected chi connectivity index (χ1v) is 8.34. The number of carbonyl (C=O) groups excluding carboxylic acids is 1. The van der Waals surface area contributed by atoms with E-state index in [9.17, 15) is 4.79 Å². The molecule has 0 spiro atoms. The summed E-state index contributed by atoms with van der Waals surface area (Å²) >= 11 is 6.59. The second-order valence-electron chi connectivity index (χ2n) is 4.96. The highest BCUT2D eigenvalue weighted by Gasteiger charge is 2.32. The van der Waals surface area contributed by atoms with E-state index in [1.807, 2.05) is 12.1 Å². The van der Waals surface area contributed by atoms with Crippen LogP contribution in [0.1, 0.15) is 11.3 Å². The van der Waals surface area contributed by atoms with Gasteiger partial charge < -0.3 is 13.9 Å². The van der Waals surface area contributed by atoms with Crippen LogP contribution < -0.4 is 9.47 Å². The molecule has 3 rings (SSSR count). The van der Waals surface area contributed by atoms with E-state index in [0.29, 0.717) is 33.0 Å². The molecule has 1 saturated heterocycles. The third-order valence-electron chi connectivity index (χ3n) is 3.49. The molecule has 0 aliphatic carbocycles. The van der Waals surface area contributed by atoms with E-state index in [1.54, 1.807) is 44.8 Å². The fourth-order valence-corrected chi connectivity index (χ4v) is 3.53. The zero-order chi connectivity index (χ0) is 17.1. The Morgan fingerprint density at radius 2 is 2.12 bits per heavy atom. The van der Waals surface area contributed by atoms with Gasteiger partial charge in [0.05, 0.1) is 31.9 Å². The summed E-state index contributed by atoms with van der Waals surface area (Å²) < 4.78 is 16.4. The summed E-state index contributed by atoms with van der Waals surface area (Å²) in [5, 5.41) is 0. The summed E-state index contributed by atoms with van der Waals surface area (Å²) in [7, 11) is 3.18. The van der Waals surface area contributed by atoms with E-state index in [4.69, 9.17) is 26.1 Å². The van der Waals surface area contributed by atoms with Gasteiger partial charge in [0.2, 0.25) is 0 Å². The number of furan rings is 1. The summed E-state index contributed by atoms with van der Waals surface area (Å²) in [5.41, 5.74) is 0.760. The van der Waals surface area contributed by atoms with Crippen LogP contribution in [-0.2, 0) is 11.3 Å². The third-order valence-corrected chi connectivity index (χ3v) is 4.87. The van der Waals surface area contributed by atoms with E-state index >= 15 is 0 Å². The topological polar surface area (TPSA) is 51.9 Å². The van der Waals surface area contributed by atoms with Gasteiger partial charge in [-0.2, -0.15) is 0 Å². The van der Waals surface area contributed by atoms with Crippen molar-refractivity contribution in [3.05, 3.63) is 52.8 Å². The molecule has 0 N–H and O–H groups in total. The lowest BCUT2D eigenvalue weighted by molar-refractivity contribution is -0.122. The number of amides is 1. The van der Waals surface area contributed by atoms with Crippen LogP contribution in [0.5, 0.6) is 11.5 Å². The maximum absolute atomic E-state index is 12.6. The van der Waals surface area contributed by atoms with Crippen LogP contribution in [0, 0.1) is 0 Å². The number of rotatable bonds is 5. The summed E-state index contributed by atoms with van der Waals surface area (Å²) in [6, 6.07) is 9.02. The number of hydrogen-bond donors (Lipinski definition) is 0. The number of thioether (sulfide) groups is 1. The molecule has 124 valence electrons. The minimum Gasteiger partial charge on any atom is -0.497 e. The minimum atomic E-state index is -0.147. The van der Waals surface area contributed by atoms with Crippen LogP contribution in [-0.4, -0.2) is 29.3 Å². The van der Waals surface area contributed by atoms with Gasteiger partial charge >= 0.3 is 0 Å². The van der Waals surface area contributed by atoms with Crippen molar-refractivity contribution in [1.29, 1.82) is 0 Å². The molecule has 0 atom stereocenters. The first-order valence-electron chi connectivity index (χ1n) is 7.12. The van der Waals surface area contributed by atoms with E-state index in [0.717, 1.165) is 5.56 Å². The van der Waals surface area contributed by atoms with Gasteiger partial charge in [-0.3, -0.25) is 9.69 Å². The van der Waals surface area contributed by atoms with Crippen LogP contribution >= 0.6 is 24.0 Å². The lowest BCUT2D eigenvalue weighted by Crippen LogP contribution is -2.27. The summed E-state index contributed by atoms with van der Waals surface area (Å²) in [5.74, 6) is 1.89. The Bertz CT molecular complexity index is 799. The van der Waals surface area contributed by atoms with Gasteiger partial charge in [0.1, 0.15) is 21.6 Å². The molecule has 1 aliphatic rings. The van der Waals surface area contributed by atoms with Crippen molar-refractivity contribution in [3.8, 4) is 11.5 Å². The van der Waals surface area contributed by atoms with Gasteiger partial charge in [0.25, 0.3) is 5.91 Å². The van der Waals surface area contributed by atoms with Gasteiger partial charge in [-0.15, -0.1) is 0 Å². The number of methoxy groups -OCH3 is 2. The molecule has 2 aromatic rings. The normalized spacial score (nSPS) is 16.1. The van der Waals surface area contributed by atoms with Crippen LogP contribution in [0.15, 0.2) is 45.9 Å². The fraction of sp³-hybridized carbons (Fsp3) is 0.176. The van der Waals surface area contributed by atoms with Crippen molar-refractivity contribution in [2.45, 2.75) is 6.54 Å². The maximum atomic E-state index is 12.6. The van der Waals surface area contributed by atoms with Crippen molar-refractivity contribution < 1.29 is 18.7 Å². The number of nitrogens with zero attached hydrogens (tertiary/aromatic N) is 1. The second kappa shape index (κ2) is 7.11. The highest BCUT2D eigenvalue weighted by atomic mass is 32.2. The van der Waals surface area contributed by atoms with Crippen molar-refractivity contribution in [1.82, 2.24) is 4.90 Å². The smallest absolute Gasteiger partial charge is 0.266 e. The lowest BCUT2D eigenvalue weighted by atomic mass is 10.1. The van der Waals surface area contributed by atoms with Crippen molar-refractivity contribution in [2.24, 2.45) is 0 Å². The fourth-order valence-electron chi connectivity index (χ4n) is 2.29. The molecule has 24 heavy (non-hydrogen) atoms. The first-order chi connectivity index (χ1) is 11.6. The largest absolute Gasteiger partial charge is 0.497 e. The van der Waals surface area contributed by atoms with Crippen LogP contribution in [0.2, 0.25) is 0 Å². The Kier molecular flexibility index (Phi) is 4.92. The van der Waals surface area contributed by atoms with Crippen molar-refractivity contribution >= 4 is 40.3 Å². The van der Waals surface area contributed by atoms with E-state index in [-0.39, 0.29) is 5.91 Å². The number of hydrogen-bond acceptors (Lipinski definition) is 6. The monoisotopic (exact) mass is 361 g/mol. The number of carbonyl (C=O) groups is 1. The number of ether oxygens (including phenoxy) is 2. The molecule has 0 saturated carbocycles. The molecule has 1 fully saturated rings. The Labute approximate surface area is 149 Å². The van der Waals surface area contributed by atoms with Crippen molar-refractivity contribution in [2.75, 3.05) is 14.2 Å². The Hall–Kier alpha value is -2.25. The van der Waals surface area contributed by atoms with Crippen LogP contribution in [0.3, 0.4) is 0 Å². The van der Waals surface area contributed by atoms with E-state index in [1.165, 1.54) is 16.7 Å².